The summed E-state index contributed by atoms with van der Waals surface area (Å²) in [5.74, 6) is 0.754. The van der Waals surface area contributed by atoms with Crippen LogP contribution in [0.2, 0.25) is 0 Å². The van der Waals surface area contributed by atoms with Crippen molar-refractivity contribution in [2.24, 2.45) is 9.98 Å². The minimum Gasteiger partial charge on any atom is -0.232 e. The highest BCUT2D eigenvalue weighted by Crippen LogP contribution is 2.47. The van der Waals surface area contributed by atoms with Gasteiger partial charge in [-0.25, -0.2) is 9.98 Å². The maximum absolute atomic E-state index is 5.47. The molecule has 0 saturated heterocycles. The fraction of sp³-hybridized carbons (Fsp3) is 0.111. The molecule has 0 spiro atoms. The summed E-state index contributed by atoms with van der Waals surface area (Å²) in [4.78, 5) is 10.8. The number of hydrogen-bond donors (Lipinski definition) is 0. The Morgan fingerprint density at radius 1 is 0.393 bits per heavy atom. The molecule has 0 saturated carbocycles. The highest BCUT2D eigenvalue weighted by molar-refractivity contribution is 6.33. The Labute approximate surface area is 327 Å². The van der Waals surface area contributed by atoms with Gasteiger partial charge in [-0.2, -0.15) is 0 Å². The Hall–Kier alpha value is -6.64. The monoisotopic (exact) mass is 716 g/mol. The van der Waals surface area contributed by atoms with Crippen molar-refractivity contribution in [1.82, 2.24) is 0 Å². The van der Waals surface area contributed by atoms with Crippen LogP contribution in [-0.2, 0) is 12.8 Å². The van der Waals surface area contributed by atoms with Crippen molar-refractivity contribution < 1.29 is 0 Å². The summed E-state index contributed by atoms with van der Waals surface area (Å²) >= 11 is 0. The average molecular weight is 717 g/mol. The molecule has 0 bridgehead atoms. The van der Waals surface area contributed by atoms with Gasteiger partial charge in [-0.05, 0) is 126 Å². The number of benzene rings is 9. The van der Waals surface area contributed by atoms with Gasteiger partial charge in [-0.3, -0.25) is 0 Å². The van der Waals surface area contributed by atoms with E-state index in [1.165, 1.54) is 81.7 Å². The van der Waals surface area contributed by atoms with E-state index in [0.717, 1.165) is 66.0 Å². The van der Waals surface area contributed by atoms with E-state index < -0.39 is 0 Å². The van der Waals surface area contributed by atoms with E-state index in [4.69, 9.17) is 9.98 Å². The zero-order valence-corrected chi connectivity index (χ0v) is 31.5. The summed E-state index contributed by atoms with van der Waals surface area (Å²) in [6, 6.07) is 60.0. The summed E-state index contributed by atoms with van der Waals surface area (Å²) in [5.41, 5.74) is 12.3. The molecule has 11 rings (SSSR count). The number of aryl methyl sites for hydroxylation is 2. The quantitative estimate of drug-likeness (QED) is 0.162. The van der Waals surface area contributed by atoms with Gasteiger partial charge in [-0.1, -0.05) is 164 Å². The number of rotatable bonds is 4. The van der Waals surface area contributed by atoms with Gasteiger partial charge in [0, 0.05) is 11.1 Å². The van der Waals surface area contributed by atoms with Gasteiger partial charge in [0.05, 0.1) is 11.4 Å². The molecular weight excluding hydrogens is 677 g/mol. The Morgan fingerprint density at radius 3 is 1.86 bits per heavy atom. The molecule has 1 aliphatic heterocycles. The Morgan fingerprint density at radius 2 is 1.04 bits per heavy atom. The fourth-order valence-electron chi connectivity index (χ4n) is 9.64. The van der Waals surface area contributed by atoms with E-state index in [2.05, 4.69) is 171 Å². The third-order valence-electron chi connectivity index (χ3n) is 12.3. The lowest BCUT2D eigenvalue weighted by Gasteiger charge is -2.20. The smallest absolute Gasteiger partial charge is 0.160 e. The van der Waals surface area contributed by atoms with Crippen LogP contribution in [0.3, 0.4) is 0 Å². The molecule has 0 radical (unpaired) electrons. The molecule has 2 aliphatic rings. The van der Waals surface area contributed by atoms with E-state index in [1.807, 2.05) is 0 Å². The molecule has 0 amide bonds. The first-order valence-corrected chi connectivity index (χ1v) is 20.0. The summed E-state index contributed by atoms with van der Waals surface area (Å²) < 4.78 is 0. The summed E-state index contributed by atoms with van der Waals surface area (Å²) in [5, 5.41) is 13.4. The number of nitrogens with zero attached hydrogens (tertiary/aromatic N) is 2. The van der Waals surface area contributed by atoms with Crippen LogP contribution >= 0.6 is 0 Å². The molecule has 0 atom stereocenters. The topological polar surface area (TPSA) is 24.7 Å². The second-order valence-electron chi connectivity index (χ2n) is 15.5. The third-order valence-corrected chi connectivity index (χ3v) is 12.3. The molecule has 56 heavy (non-hydrogen) atoms. The molecule has 1 aliphatic carbocycles. The lowest BCUT2D eigenvalue weighted by Crippen LogP contribution is -2.10. The van der Waals surface area contributed by atoms with Crippen molar-refractivity contribution in [3.8, 4) is 11.1 Å². The van der Waals surface area contributed by atoms with Gasteiger partial charge in [0.1, 0.15) is 0 Å². The molecule has 0 aromatic heterocycles. The lowest BCUT2D eigenvalue weighted by molar-refractivity contribution is 0.837. The Balaban J connectivity index is 1.14. The normalized spacial score (nSPS) is 15.9. The first-order valence-electron chi connectivity index (χ1n) is 20.0. The average Bonchev–Trinajstić information content (AvgIpc) is 3.46. The number of hydrogen-bond acceptors (Lipinski definition) is 2. The minimum atomic E-state index is 0.754. The van der Waals surface area contributed by atoms with Gasteiger partial charge in [0.15, 0.2) is 5.84 Å². The van der Waals surface area contributed by atoms with Gasteiger partial charge in [0.25, 0.3) is 0 Å². The summed E-state index contributed by atoms with van der Waals surface area (Å²) in [7, 11) is 0. The van der Waals surface area contributed by atoms with Crippen LogP contribution in [0.15, 0.2) is 179 Å². The largest absolute Gasteiger partial charge is 0.232 e. The molecule has 0 N–H and O–H groups in total. The van der Waals surface area contributed by atoms with Crippen LogP contribution in [0.4, 0.5) is 0 Å². The van der Waals surface area contributed by atoms with Crippen molar-refractivity contribution in [3.05, 3.63) is 197 Å². The van der Waals surface area contributed by atoms with Crippen LogP contribution in [0.25, 0.3) is 70.7 Å². The molecule has 0 unspecified atom stereocenters. The second-order valence-corrected chi connectivity index (χ2v) is 15.5. The van der Waals surface area contributed by atoms with E-state index in [0.29, 0.717) is 0 Å². The van der Waals surface area contributed by atoms with Crippen LogP contribution in [-0.4, -0.2) is 11.5 Å². The Kier molecular flexibility index (Phi) is 7.77. The van der Waals surface area contributed by atoms with Crippen LogP contribution in [0, 0.1) is 0 Å². The van der Waals surface area contributed by atoms with E-state index in [1.54, 1.807) is 0 Å². The highest BCUT2D eigenvalue weighted by atomic mass is 14.9. The minimum absolute atomic E-state index is 0.754. The van der Waals surface area contributed by atoms with Crippen molar-refractivity contribution >= 4 is 71.1 Å². The van der Waals surface area contributed by atoms with Gasteiger partial charge in [-0.15, -0.1) is 0 Å². The maximum atomic E-state index is 5.47. The third kappa shape index (κ3) is 5.24. The predicted molar refractivity (Wildman–Crippen MR) is 239 cm³/mol. The molecule has 9 aromatic rings. The number of allylic oxidation sites excluding steroid dienone is 1. The fourth-order valence-corrected chi connectivity index (χ4v) is 9.64. The van der Waals surface area contributed by atoms with Crippen molar-refractivity contribution in [1.29, 1.82) is 0 Å². The van der Waals surface area contributed by atoms with E-state index in [-0.39, 0.29) is 0 Å². The van der Waals surface area contributed by atoms with E-state index in [9.17, 15) is 0 Å². The van der Waals surface area contributed by atoms with Crippen LogP contribution < -0.4 is 0 Å². The standard InChI is InChI=1S/C54H40N2/c1-34-26-33-49(36-15-4-2-5-16-36)55-54(38-17-6-3-7-18-38)56-53(34)47-32-30-42(40-22-10-11-23-41(40)47)43-29-31-46-45-28-27-35-14-8-9-21-39(35)51(45)48-25-13-20-37-19-12-24-44(43)52(46)50(37)48/h2-11,13-18,20-23,25,27-32H,12,19,24,26,33H2,1H3/b53-34+,55-49?,56-54?. The SMILES string of the molecule is C/C1=C(/c2ccc(-c3ccc4c5ccc6ccccc6c5c5cccc6c5c4c3CCC6)c3ccccc23)N=C(c2ccccc2)N=C(c2ccccc2)CC1. The highest BCUT2D eigenvalue weighted by Gasteiger charge is 2.23. The van der Waals surface area contributed by atoms with Crippen LogP contribution in [0.1, 0.15) is 54.0 Å². The molecule has 9 aromatic carbocycles. The zero-order chi connectivity index (χ0) is 37.2. The molecular formula is C54H40N2. The zero-order valence-electron chi connectivity index (χ0n) is 31.5. The second kappa shape index (κ2) is 13.3. The molecule has 266 valence electrons. The van der Waals surface area contributed by atoms with Crippen molar-refractivity contribution in [2.75, 3.05) is 0 Å². The molecule has 1 heterocycles. The predicted octanol–water partition coefficient (Wildman–Crippen LogP) is 14.1. The lowest BCUT2D eigenvalue weighted by atomic mass is 9.84. The van der Waals surface area contributed by atoms with Crippen molar-refractivity contribution in [2.45, 2.75) is 39.0 Å². The first kappa shape index (κ1) is 32.8. The number of amidine groups is 1. The van der Waals surface area contributed by atoms with E-state index >= 15 is 0 Å². The maximum Gasteiger partial charge on any atom is 0.160 e. The summed E-state index contributed by atoms with van der Waals surface area (Å²) in [6.07, 6.45) is 4.99. The van der Waals surface area contributed by atoms with Crippen molar-refractivity contribution in [3.63, 3.8) is 0 Å². The molecule has 0 fully saturated rings. The van der Waals surface area contributed by atoms with Gasteiger partial charge >= 0.3 is 0 Å². The summed E-state index contributed by atoms with van der Waals surface area (Å²) in [6.45, 7) is 2.26. The van der Waals surface area contributed by atoms with Gasteiger partial charge < -0.3 is 0 Å². The molecule has 2 nitrogen and oxygen atoms in total. The Bertz CT molecular complexity index is 3150. The number of aliphatic imine (C=N–C) groups is 2. The van der Waals surface area contributed by atoms with Crippen LogP contribution in [0.5, 0.6) is 0 Å². The first-order chi connectivity index (χ1) is 27.7. The van der Waals surface area contributed by atoms with Gasteiger partial charge in [0.2, 0.25) is 0 Å². The number of fused-ring (bicyclic) bond motifs is 6. The molecule has 2 heteroatoms.